The maximum absolute atomic E-state index is 14.4. The number of nitrogens with zero attached hydrogens (tertiary/aromatic N) is 2. The third-order valence-corrected chi connectivity index (χ3v) is 5.55. The number of hydrogen-bond acceptors (Lipinski definition) is 7. The highest BCUT2D eigenvalue weighted by molar-refractivity contribution is 5.24. The van der Waals surface area contributed by atoms with Crippen LogP contribution in [0.1, 0.15) is 17.4 Å². The van der Waals surface area contributed by atoms with Crippen molar-refractivity contribution in [3.63, 3.8) is 0 Å². The van der Waals surface area contributed by atoms with E-state index in [1.54, 1.807) is 0 Å². The molecule has 33 heavy (non-hydrogen) atoms. The molecule has 1 aromatic heterocycles. The van der Waals surface area contributed by atoms with Crippen molar-refractivity contribution in [2.24, 2.45) is 0 Å². The molecule has 1 fully saturated rings. The van der Waals surface area contributed by atoms with Crippen LogP contribution in [0, 0.1) is 0 Å². The normalized spacial score (nSPS) is 24.7. The summed E-state index contributed by atoms with van der Waals surface area (Å²) >= 11 is 0. The van der Waals surface area contributed by atoms with Crippen LogP contribution < -0.4 is 11.4 Å². The first kappa shape index (κ1) is 23.1. The van der Waals surface area contributed by atoms with E-state index in [0.29, 0.717) is 6.61 Å². The number of ether oxygens (including phenoxy) is 3. The molecule has 0 spiro atoms. The van der Waals surface area contributed by atoms with Crippen LogP contribution in [0.3, 0.4) is 0 Å². The first-order valence-corrected chi connectivity index (χ1v) is 10.6. The zero-order chi connectivity index (χ0) is 23.3. The molecule has 0 saturated carbocycles. The van der Waals surface area contributed by atoms with Crippen molar-refractivity contribution in [2.45, 2.75) is 37.3 Å². The highest BCUT2D eigenvalue weighted by atomic mass is 19.1. The summed E-state index contributed by atoms with van der Waals surface area (Å²) in [6.45, 7) is -0.768. The molecule has 9 heteroatoms. The standard InChI is InChI=1S/C24H26FN3O5/c25-16-24(30)21(32-14-18-9-5-2-6-10-18)19(15-31-13-17-7-3-1-4-8-17)33-22(24)28-12-11-20(26)27-23(28)29/h1-12,19,21-22,30H,13-16H2,(H2,26,27,29)/t19-,21-,22-,24-/m1/s1. The lowest BCUT2D eigenvalue weighted by Crippen LogP contribution is -2.51. The molecular formula is C24H26FN3O5. The van der Waals surface area contributed by atoms with E-state index in [4.69, 9.17) is 19.9 Å². The highest BCUT2D eigenvalue weighted by Gasteiger charge is 2.58. The predicted molar refractivity (Wildman–Crippen MR) is 119 cm³/mol. The van der Waals surface area contributed by atoms with Gasteiger partial charge in [0, 0.05) is 6.20 Å². The van der Waals surface area contributed by atoms with E-state index in [0.717, 1.165) is 15.7 Å². The Morgan fingerprint density at radius 2 is 1.70 bits per heavy atom. The van der Waals surface area contributed by atoms with Crippen LogP contribution in [0.2, 0.25) is 0 Å². The molecule has 3 N–H and O–H groups in total. The fourth-order valence-electron chi connectivity index (χ4n) is 3.88. The Morgan fingerprint density at radius 1 is 1.06 bits per heavy atom. The van der Waals surface area contributed by atoms with Gasteiger partial charge in [0.15, 0.2) is 11.8 Å². The minimum Gasteiger partial charge on any atom is -0.383 e. The molecule has 0 amide bonds. The quantitative estimate of drug-likeness (QED) is 0.509. The second-order valence-corrected chi connectivity index (χ2v) is 7.91. The second-order valence-electron chi connectivity index (χ2n) is 7.91. The van der Waals surface area contributed by atoms with E-state index in [1.807, 2.05) is 60.7 Å². The van der Waals surface area contributed by atoms with Crippen LogP contribution in [0.25, 0.3) is 0 Å². The van der Waals surface area contributed by atoms with Gasteiger partial charge >= 0.3 is 5.69 Å². The Kier molecular flexibility index (Phi) is 7.14. The van der Waals surface area contributed by atoms with Gasteiger partial charge in [-0.1, -0.05) is 60.7 Å². The molecule has 2 aromatic carbocycles. The van der Waals surface area contributed by atoms with Crippen LogP contribution in [-0.2, 0) is 27.4 Å². The van der Waals surface area contributed by atoms with Crippen LogP contribution in [0.15, 0.2) is 77.7 Å². The van der Waals surface area contributed by atoms with Crippen LogP contribution in [-0.4, -0.2) is 45.7 Å². The maximum Gasteiger partial charge on any atom is 0.351 e. The molecule has 0 radical (unpaired) electrons. The van der Waals surface area contributed by atoms with Crippen molar-refractivity contribution < 1.29 is 23.7 Å². The molecular weight excluding hydrogens is 429 g/mol. The van der Waals surface area contributed by atoms with Gasteiger partial charge in [0.1, 0.15) is 24.7 Å². The van der Waals surface area contributed by atoms with E-state index >= 15 is 0 Å². The average molecular weight is 455 g/mol. The van der Waals surface area contributed by atoms with E-state index in [1.165, 1.54) is 12.3 Å². The molecule has 4 atom stereocenters. The molecule has 8 nitrogen and oxygen atoms in total. The predicted octanol–water partition coefficient (Wildman–Crippen LogP) is 2.23. The van der Waals surface area contributed by atoms with Crippen molar-refractivity contribution in [3.8, 4) is 0 Å². The number of halogens is 1. The van der Waals surface area contributed by atoms with Crippen LogP contribution >= 0.6 is 0 Å². The van der Waals surface area contributed by atoms with Gasteiger partial charge in [-0.25, -0.2) is 9.18 Å². The molecule has 0 aliphatic carbocycles. The Labute approximate surface area is 190 Å². The second kappa shape index (κ2) is 10.2. The van der Waals surface area contributed by atoms with Gasteiger partial charge in [-0.3, -0.25) is 4.57 Å². The smallest absolute Gasteiger partial charge is 0.351 e. The van der Waals surface area contributed by atoms with Gasteiger partial charge in [0.25, 0.3) is 0 Å². The van der Waals surface area contributed by atoms with Crippen molar-refractivity contribution in [3.05, 3.63) is 94.5 Å². The van der Waals surface area contributed by atoms with E-state index < -0.39 is 36.4 Å². The van der Waals surface area contributed by atoms with Crippen molar-refractivity contribution >= 4 is 5.82 Å². The van der Waals surface area contributed by atoms with Crippen molar-refractivity contribution in [1.82, 2.24) is 9.55 Å². The Balaban J connectivity index is 1.57. The Hall–Kier alpha value is -3.11. The number of rotatable bonds is 9. The SMILES string of the molecule is Nc1ccn([C@@H]2O[C@H](COCc3ccccc3)[C@@H](OCc3ccccc3)[C@]2(O)CF)c(=O)n1. The minimum absolute atomic E-state index is 0.0117. The molecule has 3 aromatic rings. The molecule has 0 unspecified atom stereocenters. The van der Waals surface area contributed by atoms with Gasteiger partial charge < -0.3 is 25.1 Å². The van der Waals surface area contributed by atoms with Gasteiger partial charge in [0.05, 0.1) is 19.8 Å². The largest absolute Gasteiger partial charge is 0.383 e. The number of nitrogen functional groups attached to an aromatic ring is 1. The maximum atomic E-state index is 14.4. The third kappa shape index (κ3) is 5.12. The van der Waals surface area contributed by atoms with E-state index in [-0.39, 0.29) is 19.0 Å². The summed E-state index contributed by atoms with van der Waals surface area (Å²) in [4.78, 5) is 16.1. The number of benzene rings is 2. The fourth-order valence-corrected chi connectivity index (χ4v) is 3.88. The zero-order valence-electron chi connectivity index (χ0n) is 17.9. The molecule has 4 rings (SSSR count). The highest BCUT2D eigenvalue weighted by Crippen LogP contribution is 2.40. The Morgan fingerprint density at radius 3 is 2.30 bits per heavy atom. The van der Waals surface area contributed by atoms with Gasteiger partial charge in [-0.15, -0.1) is 0 Å². The number of anilines is 1. The summed E-state index contributed by atoms with van der Waals surface area (Å²) in [6, 6.07) is 20.2. The lowest BCUT2D eigenvalue weighted by atomic mass is 9.95. The zero-order valence-corrected chi connectivity index (χ0v) is 17.9. The molecule has 1 aliphatic heterocycles. The summed E-state index contributed by atoms with van der Waals surface area (Å²) in [5, 5.41) is 11.3. The molecule has 0 bridgehead atoms. The van der Waals surface area contributed by atoms with Gasteiger partial charge in [0.2, 0.25) is 0 Å². The number of aromatic nitrogens is 2. The summed E-state index contributed by atoms with van der Waals surface area (Å²) < 4.78 is 33.1. The topological polar surface area (TPSA) is 109 Å². The minimum atomic E-state index is -2.14. The third-order valence-electron chi connectivity index (χ3n) is 5.55. The van der Waals surface area contributed by atoms with Gasteiger partial charge in [-0.05, 0) is 17.2 Å². The van der Waals surface area contributed by atoms with Crippen molar-refractivity contribution in [1.29, 1.82) is 0 Å². The summed E-state index contributed by atoms with van der Waals surface area (Å²) in [6.07, 6.45) is -1.99. The molecule has 1 saturated heterocycles. The molecule has 174 valence electrons. The monoisotopic (exact) mass is 455 g/mol. The summed E-state index contributed by atoms with van der Waals surface area (Å²) in [7, 11) is 0. The first-order valence-electron chi connectivity index (χ1n) is 10.6. The number of aliphatic hydroxyl groups is 1. The first-order chi connectivity index (χ1) is 16.0. The average Bonchev–Trinajstić information content (AvgIpc) is 3.11. The Bertz CT molecular complexity index is 1100. The number of nitrogens with two attached hydrogens (primary N) is 1. The lowest BCUT2D eigenvalue weighted by molar-refractivity contribution is -0.137. The molecule has 2 heterocycles. The molecule has 1 aliphatic rings. The summed E-state index contributed by atoms with van der Waals surface area (Å²) in [5.41, 5.74) is 4.46. The van der Waals surface area contributed by atoms with Gasteiger partial charge in [-0.2, -0.15) is 4.98 Å². The lowest BCUT2D eigenvalue weighted by Gasteiger charge is -2.31. The fraction of sp³-hybridized carbons (Fsp3) is 0.333. The van der Waals surface area contributed by atoms with E-state index in [9.17, 15) is 14.3 Å². The van der Waals surface area contributed by atoms with Crippen LogP contribution in [0.4, 0.5) is 10.2 Å². The number of hydrogen-bond donors (Lipinski definition) is 2. The van der Waals surface area contributed by atoms with E-state index in [2.05, 4.69) is 4.98 Å². The summed E-state index contributed by atoms with van der Waals surface area (Å²) in [5.74, 6) is 0.0117. The van der Waals surface area contributed by atoms with Crippen LogP contribution in [0.5, 0.6) is 0 Å². The van der Waals surface area contributed by atoms with Crippen molar-refractivity contribution in [2.75, 3.05) is 19.0 Å². The number of alkyl halides is 1.